The number of fused-ring (bicyclic) bond motifs is 1. The lowest BCUT2D eigenvalue weighted by atomic mass is 9.85. The number of benzene rings is 2. The zero-order valence-electron chi connectivity index (χ0n) is 19.7. The van der Waals surface area contributed by atoms with Crippen LogP contribution in [-0.2, 0) is 11.2 Å². The van der Waals surface area contributed by atoms with Gasteiger partial charge in [-0.3, -0.25) is 9.59 Å². The van der Waals surface area contributed by atoms with E-state index in [-0.39, 0.29) is 17.4 Å². The molecule has 0 radical (unpaired) electrons. The van der Waals surface area contributed by atoms with Crippen molar-refractivity contribution in [3.63, 3.8) is 0 Å². The van der Waals surface area contributed by atoms with Crippen LogP contribution in [0.5, 0.6) is 5.75 Å². The van der Waals surface area contributed by atoms with Crippen molar-refractivity contribution in [1.29, 1.82) is 0 Å². The number of thiophene rings is 1. The summed E-state index contributed by atoms with van der Waals surface area (Å²) in [5.41, 5.74) is 2.60. The third kappa shape index (κ3) is 4.90. The molecule has 34 heavy (non-hydrogen) atoms. The van der Waals surface area contributed by atoms with Crippen LogP contribution < -0.4 is 0 Å². The molecule has 0 bridgehead atoms. The number of hydrogen-bond donors (Lipinski definition) is 1. The Bertz CT molecular complexity index is 1170. The molecule has 5 rings (SSSR count). The topological polar surface area (TPSA) is 57.6 Å². The Kier molecular flexibility index (Phi) is 7.00. The van der Waals surface area contributed by atoms with Crippen molar-refractivity contribution < 1.29 is 14.7 Å². The molecule has 0 spiro atoms. The van der Waals surface area contributed by atoms with Crippen LogP contribution in [0.3, 0.4) is 0 Å². The molecule has 1 aromatic heterocycles. The molecule has 0 unspecified atom stereocenters. The van der Waals surface area contributed by atoms with Gasteiger partial charge in [-0.05, 0) is 68.2 Å². The minimum atomic E-state index is 0.0634. The van der Waals surface area contributed by atoms with Gasteiger partial charge in [0.2, 0.25) is 5.91 Å². The predicted molar refractivity (Wildman–Crippen MR) is 138 cm³/mol. The molecule has 2 aromatic carbocycles. The molecule has 1 aliphatic carbocycles. The lowest BCUT2D eigenvalue weighted by Gasteiger charge is -2.26. The zero-order chi connectivity index (χ0) is 23.5. The Morgan fingerprint density at radius 3 is 2.35 bits per heavy atom. The van der Waals surface area contributed by atoms with Crippen LogP contribution in [0.1, 0.15) is 90.1 Å². The van der Waals surface area contributed by atoms with E-state index in [1.54, 1.807) is 23.5 Å². The fourth-order valence-corrected chi connectivity index (χ4v) is 6.91. The smallest absolute Gasteiger partial charge is 0.222 e. The molecule has 1 saturated carbocycles. The van der Waals surface area contributed by atoms with E-state index >= 15 is 0 Å². The number of likely N-dealkylation sites (tertiary alicyclic amines) is 1. The molecule has 5 heteroatoms. The molecule has 178 valence electrons. The van der Waals surface area contributed by atoms with Crippen LogP contribution in [0, 0.1) is 0 Å². The van der Waals surface area contributed by atoms with Crippen LogP contribution in [0.4, 0.5) is 0 Å². The summed E-state index contributed by atoms with van der Waals surface area (Å²) in [7, 11) is 0. The maximum atomic E-state index is 13.7. The second kappa shape index (κ2) is 10.3. The highest BCUT2D eigenvalue weighted by molar-refractivity contribution is 7.19. The molecule has 0 atom stereocenters. The maximum Gasteiger partial charge on any atom is 0.222 e. The number of piperidine rings is 1. The highest BCUT2D eigenvalue weighted by atomic mass is 32.1. The number of ketones is 1. The summed E-state index contributed by atoms with van der Waals surface area (Å²) in [6.07, 6.45) is 10.6. The standard InChI is InChI=1S/C29H33NO3S/c31-23-14-15-24-25(19-23)34-29(22-7-3-1-4-8-22)27(24)28(33)21-12-9-20(10-13-21)11-16-26(32)30-17-5-2-6-18-30/h9-10,12-15,19,22,31H,1-8,11,16-18H2. The minimum absolute atomic E-state index is 0.0634. The summed E-state index contributed by atoms with van der Waals surface area (Å²) in [6.45, 7) is 1.78. The largest absolute Gasteiger partial charge is 0.508 e. The van der Waals surface area contributed by atoms with Crippen molar-refractivity contribution in [3.05, 3.63) is 64.0 Å². The fourth-order valence-electron chi connectivity index (χ4n) is 5.51. The third-order valence-electron chi connectivity index (χ3n) is 7.46. The molecular weight excluding hydrogens is 442 g/mol. The number of aryl methyl sites for hydroxylation is 1. The van der Waals surface area contributed by atoms with E-state index in [4.69, 9.17) is 0 Å². The van der Waals surface area contributed by atoms with E-state index in [2.05, 4.69) is 0 Å². The summed E-state index contributed by atoms with van der Waals surface area (Å²) in [6, 6.07) is 13.2. The van der Waals surface area contributed by atoms with Gasteiger partial charge < -0.3 is 10.0 Å². The zero-order valence-corrected chi connectivity index (χ0v) is 20.5. The second-order valence-corrected chi connectivity index (χ2v) is 10.9. The molecule has 1 amide bonds. The normalized spacial score (nSPS) is 17.2. The Balaban J connectivity index is 1.35. The first-order chi connectivity index (χ1) is 16.6. The summed E-state index contributed by atoms with van der Waals surface area (Å²) < 4.78 is 0.983. The number of amides is 1. The molecule has 2 heterocycles. The maximum absolute atomic E-state index is 13.7. The van der Waals surface area contributed by atoms with E-state index in [0.29, 0.717) is 24.3 Å². The van der Waals surface area contributed by atoms with E-state index in [1.807, 2.05) is 35.2 Å². The summed E-state index contributed by atoms with van der Waals surface area (Å²) in [5.74, 6) is 0.970. The number of phenolic OH excluding ortho intramolecular Hbond substituents is 1. The molecule has 3 aromatic rings. The first-order valence-corrected chi connectivity index (χ1v) is 13.6. The van der Waals surface area contributed by atoms with Gasteiger partial charge in [-0.15, -0.1) is 11.3 Å². The molecule has 1 N–H and O–H groups in total. The lowest BCUT2D eigenvalue weighted by Crippen LogP contribution is -2.35. The van der Waals surface area contributed by atoms with Gasteiger partial charge in [0.05, 0.1) is 0 Å². The molecule has 2 fully saturated rings. The monoisotopic (exact) mass is 475 g/mol. The van der Waals surface area contributed by atoms with Gasteiger partial charge in [-0.25, -0.2) is 0 Å². The fraction of sp³-hybridized carbons (Fsp3) is 0.448. The van der Waals surface area contributed by atoms with E-state index < -0.39 is 0 Å². The Labute approximate surface area is 205 Å². The average Bonchev–Trinajstić information content (AvgIpc) is 3.26. The third-order valence-corrected chi connectivity index (χ3v) is 8.77. The van der Waals surface area contributed by atoms with E-state index in [9.17, 15) is 14.7 Å². The molecule has 4 nitrogen and oxygen atoms in total. The van der Waals surface area contributed by atoms with Gasteiger partial charge in [0.1, 0.15) is 5.75 Å². The van der Waals surface area contributed by atoms with Gasteiger partial charge in [0, 0.05) is 45.6 Å². The van der Waals surface area contributed by atoms with Crippen LogP contribution in [0.25, 0.3) is 10.1 Å². The molecule has 1 aliphatic heterocycles. The van der Waals surface area contributed by atoms with Crippen molar-refractivity contribution in [2.75, 3.05) is 13.1 Å². The Morgan fingerprint density at radius 2 is 1.62 bits per heavy atom. The Hall–Kier alpha value is -2.66. The average molecular weight is 476 g/mol. The number of phenols is 1. The molecule has 2 aliphatic rings. The second-order valence-electron chi connectivity index (χ2n) is 9.82. The number of carbonyl (C=O) groups is 2. The lowest BCUT2D eigenvalue weighted by molar-refractivity contribution is -0.132. The quantitative estimate of drug-likeness (QED) is 0.398. The number of aromatic hydroxyl groups is 1. The molecular formula is C29H33NO3S. The highest BCUT2D eigenvalue weighted by Gasteiger charge is 2.27. The first kappa shape index (κ1) is 23.1. The summed E-state index contributed by atoms with van der Waals surface area (Å²) >= 11 is 1.67. The Morgan fingerprint density at radius 1 is 0.912 bits per heavy atom. The van der Waals surface area contributed by atoms with Crippen LogP contribution in [0.2, 0.25) is 0 Å². The van der Waals surface area contributed by atoms with Gasteiger partial charge in [0.25, 0.3) is 0 Å². The summed E-state index contributed by atoms with van der Waals surface area (Å²) in [4.78, 5) is 29.4. The van der Waals surface area contributed by atoms with Crippen molar-refractivity contribution in [1.82, 2.24) is 4.90 Å². The van der Waals surface area contributed by atoms with Crippen molar-refractivity contribution in [3.8, 4) is 5.75 Å². The van der Waals surface area contributed by atoms with Crippen LogP contribution >= 0.6 is 11.3 Å². The number of nitrogens with zero attached hydrogens (tertiary/aromatic N) is 1. The first-order valence-electron chi connectivity index (χ1n) is 12.8. The van der Waals surface area contributed by atoms with E-state index in [1.165, 1.54) is 30.6 Å². The van der Waals surface area contributed by atoms with Gasteiger partial charge >= 0.3 is 0 Å². The predicted octanol–water partition coefficient (Wildman–Crippen LogP) is 6.83. The van der Waals surface area contributed by atoms with Gasteiger partial charge in [0.15, 0.2) is 5.78 Å². The number of carbonyl (C=O) groups excluding carboxylic acids is 2. The minimum Gasteiger partial charge on any atom is -0.508 e. The SMILES string of the molecule is O=C(c1ccc(CCC(=O)N2CCCCC2)cc1)c1c(C2CCCCC2)sc2cc(O)ccc12. The molecule has 1 saturated heterocycles. The number of rotatable bonds is 6. The van der Waals surface area contributed by atoms with E-state index in [0.717, 1.165) is 60.0 Å². The number of hydrogen-bond acceptors (Lipinski definition) is 4. The summed E-state index contributed by atoms with van der Waals surface area (Å²) in [5, 5.41) is 10.9. The van der Waals surface area contributed by atoms with Crippen molar-refractivity contribution >= 4 is 33.1 Å². The van der Waals surface area contributed by atoms with Crippen LogP contribution in [0.15, 0.2) is 42.5 Å². The van der Waals surface area contributed by atoms with Crippen molar-refractivity contribution in [2.45, 2.75) is 70.1 Å². The highest BCUT2D eigenvalue weighted by Crippen LogP contribution is 2.44. The van der Waals surface area contributed by atoms with Gasteiger partial charge in [-0.1, -0.05) is 43.5 Å². The van der Waals surface area contributed by atoms with Gasteiger partial charge in [-0.2, -0.15) is 0 Å². The van der Waals surface area contributed by atoms with Crippen LogP contribution in [-0.4, -0.2) is 34.8 Å². The van der Waals surface area contributed by atoms with Crippen molar-refractivity contribution in [2.24, 2.45) is 0 Å².